The van der Waals surface area contributed by atoms with E-state index in [1.165, 1.54) is 48.3 Å². The van der Waals surface area contributed by atoms with Crippen molar-refractivity contribution in [2.24, 2.45) is 34.5 Å². The molecule has 0 radical (unpaired) electrons. The lowest BCUT2D eigenvalue weighted by molar-refractivity contribution is -0.0403. The van der Waals surface area contributed by atoms with E-state index in [4.69, 9.17) is 4.42 Å². The molecule has 0 saturated heterocycles. The third-order valence-electron chi connectivity index (χ3n) is 10.3. The molecular formula is C34H48OSi2. The van der Waals surface area contributed by atoms with Gasteiger partial charge in [0.15, 0.2) is 0 Å². The van der Waals surface area contributed by atoms with Crippen molar-refractivity contribution in [1.82, 2.24) is 0 Å². The fourth-order valence-corrected chi connectivity index (χ4v) is 8.68. The van der Waals surface area contributed by atoms with Crippen LogP contribution in [0, 0.1) is 57.4 Å². The van der Waals surface area contributed by atoms with E-state index in [0.717, 1.165) is 11.8 Å². The molecule has 6 aliphatic rings. The second-order valence-corrected chi connectivity index (χ2v) is 25.3. The zero-order valence-corrected chi connectivity index (χ0v) is 27.0. The maximum atomic E-state index is 6.83. The van der Waals surface area contributed by atoms with Crippen molar-refractivity contribution in [1.29, 1.82) is 0 Å². The van der Waals surface area contributed by atoms with Crippen molar-refractivity contribution < 1.29 is 4.42 Å². The zero-order valence-electron chi connectivity index (χ0n) is 25.0. The minimum atomic E-state index is -1.40. The summed E-state index contributed by atoms with van der Waals surface area (Å²) in [4.78, 5) is 0. The first-order valence-electron chi connectivity index (χ1n) is 14.6. The van der Waals surface area contributed by atoms with Gasteiger partial charge < -0.3 is 4.42 Å². The van der Waals surface area contributed by atoms with Gasteiger partial charge in [-0.15, -0.1) is 11.1 Å². The molecule has 6 saturated carbocycles. The van der Waals surface area contributed by atoms with Crippen LogP contribution < -0.4 is 0 Å². The standard InChI is InChI=1S/C34H48OSi2/c1-33(2)23-19-27(25(29(33)21-23)13-11-17-36(5,6)7)31-15-16-32(35-31)28-20-24-22-30(34(24,3)4)26(28)14-12-18-37(8,9)10/h13-16,23-24,27-30H,19-22H2,1-10H3/b25-13-,26-14-/t23-,24-,27-,28-,29-,30-/m0/s1. The van der Waals surface area contributed by atoms with Crippen LogP contribution in [0.1, 0.15) is 76.7 Å². The van der Waals surface area contributed by atoms with Crippen LogP contribution in [-0.2, 0) is 0 Å². The van der Waals surface area contributed by atoms with Crippen molar-refractivity contribution in [3.05, 3.63) is 47.0 Å². The number of hydrogen-bond donors (Lipinski definition) is 0. The minimum Gasteiger partial charge on any atom is -0.465 e. The highest BCUT2D eigenvalue weighted by Crippen LogP contribution is 2.66. The van der Waals surface area contributed by atoms with Gasteiger partial charge in [-0.2, -0.15) is 0 Å². The molecule has 1 aromatic rings. The Kier molecular flexibility index (Phi) is 6.49. The molecule has 37 heavy (non-hydrogen) atoms. The van der Waals surface area contributed by atoms with Crippen molar-refractivity contribution in [2.75, 3.05) is 0 Å². The molecule has 1 nitrogen and oxygen atoms in total. The predicted molar refractivity (Wildman–Crippen MR) is 163 cm³/mol. The van der Waals surface area contributed by atoms with Crippen LogP contribution in [0.15, 0.2) is 39.8 Å². The van der Waals surface area contributed by atoms with Gasteiger partial charge in [0.25, 0.3) is 0 Å². The Morgan fingerprint density at radius 1 is 0.676 bits per heavy atom. The number of rotatable bonds is 2. The number of fused-ring (bicyclic) bond motifs is 4. The molecule has 7 rings (SSSR count). The summed E-state index contributed by atoms with van der Waals surface area (Å²) in [6, 6.07) is 4.60. The Morgan fingerprint density at radius 3 is 1.38 bits per heavy atom. The van der Waals surface area contributed by atoms with Crippen LogP contribution in [-0.4, -0.2) is 16.1 Å². The Labute approximate surface area is 229 Å². The predicted octanol–water partition coefficient (Wildman–Crippen LogP) is 9.19. The minimum absolute atomic E-state index is 0.384. The van der Waals surface area contributed by atoms with E-state index in [0.29, 0.717) is 34.5 Å². The quantitative estimate of drug-likeness (QED) is 0.275. The van der Waals surface area contributed by atoms with E-state index in [9.17, 15) is 0 Å². The van der Waals surface area contributed by atoms with Gasteiger partial charge in [0, 0.05) is 11.8 Å². The summed E-state index contributed by atoms with van der Waals surface area (Å²) >= 11 is 0. The van der Waals surface area contributed by atoms with E-state index in [1.807, 2.05) is 0 Å². The average molecular weight is 529 g/mol. The molecule has 198 valence electrons. The second-order valence-electron chi connectivity index (χ2n) is 15.8. The summed E-state index contributed by atoms with van der Waals surface area (Å²) < 4.78 is 6.83. The Hall–Kier alpha value is -1.69. The molecule has 6 atom stereocenters. The molecule has 4 bridgehead atoms. The molecule has 6 aliphatic carbocycles. The summed E-state index contributed by atoms with van der Waals surface area (Å²) in [5.74, 6) is 13.0. The van der Waals surface area contributed by atoms with Crippen molar-refractivity contribution >= 4 is 16.1 Å². The summed E-state index contributed by atoms with van der Waals surface area (Å²) in [5.41, 5.74) is 11.0. The molecule has 6 fully saturated rings. The lowest BCUT2D eigenvalue weighted by atomic mass is 9.45. The van der Waals surface area contributed by atoms with E-state index in [-0.39, 0.29) is 0 Å². The lowest BCUT2D eigenvalue weighted by Gasteiger charge is -2.60. The normalized spacial score (nSPS) is 35.5. The highest BCUT2D eigenvalue weighted by molar-refractivity contribution is 6.84. The Bertz CT molecular complexity index is 1150. The van der Waals surface area contributed by atoms with Gasteiger partial charge in [-0.25, -0.2) is 0 Å². The van der Waals surface area contributed by atoms with Gasteiger partial charge in [0.2, 0.25) is 0 Å². The third kappa shape index (κ3) is 4.92. The number of furan rings is 1. The maximum Gasteiger partial charge on any atom is 0.129 e. The number of allylic oxidation sites excluding steroid dienone is 4. The van der Waals surface area contributed by atoms with Gasteiger partial charge in [-0.3, -0.25) is 0 Å². The van der Waals surface area contributed by atoms with Crippen LogP contribution in [0.25, 0.3) is 0 Å². The fourth-order valence-electron chi connectivity index (χ4n) is 7.67. The van der Waals surface area contributed by atoms with Crippen LogP contribution in [0.3, 0.4) is 0 Å². The smallest absolute Gasteiger partial charge is 0.129 e. The van der Waals surface area contributed by atoms with E-state index < -0.39 is 16.1 Å². The summed E-state index contributed by atoms with van der Waals surface area (Å²) in [6.45, 7) is 23.8. The first-order chi connectivity index (χ1) is 17.1. The largest absolute Gasteiger partial charge is 0.465 e. The number of hydrogen-bond acceptors (Lipinski definition) is 1. The molecule has 0 aliphatic heterocycles. The zero-order chi connectivity index (χ0) is 27.0. The lowest BCUT2D eigenvalue weighted by Crippen LogP contribution is -2.51. The average Bonchev–Trinajstić information content (AvgIpc) is 3.27. The maximum absolute atomic E-state index is 6.83. The van der Waals surface area contributed by atoms with Gasteiger partial charge in [0.1, 0.15) is 27.7 Å². The van der Waals surface area contributed by atoms with Crippen LogP contribution >= 0.6 is 0 Å². The Morgan fingerprint density at radius 2 is 1.05 bits per heavy atom. The van der Waals surface area contributed by atoms with Gasteiger partial charge in [-0.05, 0) is 95.6 Å². The summed E-state index contributed by atoms with van der Waals surface area (Å²) in [6.07, 6.45) is 9.63. The molecule has 0 aromatic carbocycles. The first kappa shape index (κ1) is 26.9. The van der Waals surface area contributed by atoms with Crippen LogP contribution in [0.5, 0.6) is 0 Å². The molecule has 0 N–H and O–H groups in total. The molecule has 1 heterocycles. The molecule has 0 spiro atoms. The van der Waals surface area contributed by atoms with Crippen molar-refractivity contribution in [3.63, 3.8) is 0 Å². The monoisotopic (exact) mass is 528 g/mol. The van der Waals surface area contributed by atoms with E-state index in [2.05, 4.69) is 114 Å². The molecule has 3 heteroatoms. The molecule has 0 amide bonds. The molecule has 0 unspecified atom stereocenters. The SMILES string of the molecule is CC1(C)[C@H]2C[C@H](c3ccc([C@H]4C[C@H]5C[C@@H](/C4=C\C#C[Si](C)(C)C)C5(C)C)o3)/C(=C/C#C[Si](C)(C)C)[C@@H]1C2. The van der Waals surface area contributed by atoms with E-state index >= 15 is 0 Å². The van der Waals surface area contributed by atoms with Crippen molar-refractivity contribution in [2.45, 2.75) is 104 Å². The summed E-state index contributed by atoms with van der Waals surface area (Å²) in [7, 11) is -2.79. The second kappa shape index (κ2) is 8.93. The highest BCUT2D eigenvalue weighted by Gasteiger charge is 2.57. The van der Waals surface area contributed by atoms with Gasteiger partial charge in [-0.1, -0.05) is 78.8 Å². The Balaban J connectivity index is 1.46. The first-order valence-corrected chi connectivity index (χ1v) is 21.6. The van der Waals surface area contributed by atoms with Crippen LogP contribution in [0.2, 0.25) is 39.3 Å². The fraction of sp³-hybridized carbons (Fsp3) is 0.647. The third-order valence-corrected chi connectivity index (χ3v) is 12.1. The van der Waals surface area contributed by atoms with Crippen molar-refractivity contribution in [3.8, 4) is 22.9 Å². The highest BCUT2D eigenvalue weighted by atomic mass is 28.3. The van der Waals surface area contributed by atoms with Crippen LogP contribution in [0.4, 0.5) is 0 Å². The van der Waals surface area contributed by atoms with Gasteiger partial charge >= 0.3 is 0 Å². The van der Waals surface area contributed by atoms with E-state index in [1.54, 1.807) is 0 Å². The van der Waals surface area contributed by atoms with Gasteiger partial charge in [0.05, 0.1) is 0 Å². The molecular weight excluding hydrogens is 481 g/mol. The summed E-state index contributed by atoms with van der Waals surface area (Å²) in [5, 5.41) is 0. The molecule has 1 aromatic heterocycles. The topological polar surface area (TPSA) is 13.1 Å².